The Kier molecular flexibility index (Phi) is 8.63. The molecular weight excluding hydrogens is 464 g/mol. The fraction of sp³-hybridized carbons (Fsp3) is 0.481. The third kappa shape index (κ3) is 7.06. The van der Waals surface area contributed by atoms with Gasteiger partial charge in [-0.05, 0) is 51.6 Å². The number of nitrogens with zero attached hydrogens (tertiary/aromatic N) is 2. The van der Waals surface area contributed by atoms with Gasteiger partial charge in [-0.1, -0.05) is 49.1 Å². The van der Waals surface area contributed by atoms with E-state index in [1.165, 1.54) is 15.9 Å². The van der Waals surface area contributed by atoms with E-state index in [1.54, 1.807) is 32.9 Å². The number of aliphatic hydroxyl groups excluding tert-OH is 1. The first-order valence-electron chi connectivity index (χ1n) is 11.8. The third-order valence-electron chi connectivity index (χ3n) is 5.97. The van der Waals surface area contributed by atoms with Gasteiger partial charge in [-0.25, -0.2) is 8.42 Å². The van der Waals surface area contributed by atoms with Gasteiger partial charge in [0.05, 0.1) is 6.61 Å². The molecule has 2 aromatic carbocycles. The van der Waals surface area contributed by atoms with Crippen LogP contribution in [0.2, 0.25) is 0 Å². The lowest BCUT2D eigenvalue weighted by Gasteiger charge is -2.37. The highest BCUT2D eigenvalue weighted by molar-refractivity contribution is 7.89. The molecule has 0 aliphatic carbocycles. The number of hydrogen-bond donors (Lipinski definition) is 2. The number of hydrogen-bond acceptors (Lipinski definition) is 6. The number of fused-ring (bicyclic) bond motifs is 1. The summed E-state index contributed by atoms with van der Waals surface area (Å²) in [6.45, 7) is 8.10. The molecule has 1 aliphatic rings. The average molecular weight is 501 g/mol. The number of benzene rings is 2. The Morgan fingerprint density at radius 3 is 2.54 bits per heavy atom. The molecule has 2 aromatic rings. The van der Waals surface area contributed by atoms with E-state index in [2.05, 4.69) is 28.9 Å². The Labute approximate surface area is 209 Å². The summed E-state index contributed by atoms with van der Waals surface area (Å²) in [5.41, 5.74) is 0.547. The second-order valence-electron chi connectivity index (χ2n) is 9.89. The van der Waals surface area contributed by atoms with E-state index in [0.717, 1.165) is 6.54 Å². The normalized spacial score (nSPS) is 21.1. The van der Waals surface area contributed by atoms with Crippen molar-refractivity contribution < 1.29 is 23.4 Å². The van der Waals surface area contributed by atoms with Gasteiger partial charge in [0.2, 0.25) is 10.0 Å². The molecule has 0 unspecified atom stereocenters. The molecule has 0 saturated carbocycles. The lowest BCUT2D eigenvalue weighted by molar-refractivity contribution is 0.0733. The van der Waals surface area contributed by atoms with Crippen LogP contribution in [0, 0.1) is 17.8 Å². The van der Waals surface area contributed by atoms with Crippen LogP contribution in [0.1, 0.15) is 38.8 Å². The van der Waals surface area contributed by atoms with Crippen LogP contribution in [0.25, 0.3) is 0 Å². The standard InChI is InChI=1S/C27H36N2O5S/c1-20-16-29(21(2)19-30)35(32,33)26-12-11-22(13-14-27(3,4)31)15-24(26)34-25(20)18-28(5)17-23-9-7-6-8-10-23/h6-12,15,20-21,25,30-31H,16-19H2,1-5H3/t20-,21-,25+/m0/s1. The number of likely N-dealkylation sites (N-methyl/N-ethyl adjacent to an activating group) is 1. The first-order chi connectivity index (χ1) is 16.4. The lowest BCUT2D eigenvalue weighted by atomic mass is 10.0. The van der Waals surface area contributed by atoms with Crippen LogP contribution in [0.3, 0.4) is 0 Å². The molecule has 35 heavy (non-hydrogen) atoms. The summed E-state index contributed by atoms with van der Waals surface area (Å²) in [5, 5.41) is 19.8. The van der Waals surface area contributed by atoms with Gasteiger partial charge >= 0.3 is 0 Å². The molecule has 0 saturated heterocycles. The molecule has 0 aromatic heterocycles. The van der Waals surface area contributed by atoms with Crippen LogP contribution >= 0.6 is 0 Å². The zero-order valence-corrected chi connectivity index (χ0v) is 21.9. The second-order valence-corrected chi connectivity index (χ2v) is 11.8. The minimum absolute atomic E-state index is 0.0502. The maximum absolute atomic E-state index is 13.6. The van der Waals surface area contributed by atoms with E-state index < -0.39 is 21.7 Å². The molecule has 0 bridgehead atoms. The van der Waals surface area contributed by atoms with Gasteiger partial charge in [0.1, 0.15) is 22.4 Å². The Morgan fingerprint density at radius 2 is 1.91 bits per heavy atom. The van der Waals surface area contributed by atoms with Crippen molar-refractivity contribution in [3.63, 3.8) is 0 Å². The summed E-state index contributed by atoms with van der Waals surface area (Å²) in [6, 6.07) is 14.3. The molecular formula is C27H36N2O5S. The fourth-order valence-electron chi connectivity index (χ4n) is 4.01. The molecule has 0 spiro atoms. The van der Waals surface area contributed by atoms with Gasteiger partial charge in [0.25, 0.3) is 0 Å². The summed E-state index contributed by atoms with van der Waals surface area (Å²) < 4.78 is 34.9. The van der Waals surface area contributed by atoms with Crippen molar-refractivity contribution >= 4 is 10.0 Å². The molecule has 7 nitrogen and oxygen atoms in total. The van der Waals surface area contributed by atoms with Crippen molar-refractivity contribution in [2.75, 3.05) is 26.7 Å². The SMILES string of the molecule is C[C@H]1CN([C@@H](C)CO)S(=O)(=O)c2ccc(C#CC(C)(C)O)cc2O[C@@H]1CN(C)Cc1ccccc1. The van der Waals surface area contributed by atoms with Gasteiger partial charge in [-0.3, -0.25) is 4.90 Å². The van der Waals surface area contributed by atoms with Crippen molar-refractivity contribution in [3.8, 4) is 17.6 Å². The first-order valence-corrected chi connectivity index (χ1v) is 13.3. The van der Waals surface area contributed by atoms with Crippen molar-refractivity contribution in [1.82, 2.24) is 9.21 Å². The van der Waals surface area contributed by atoms with Gasteiger partial charge < -0.3 is 14.9 Å². The van der Waals surface area contributed by atoms with Gasteiger partial charge in [0, 0.05) is 37.2 Å². The number of ether oxygens (including phenoxy) is 1. The van der Waals surface area contributed by atoms with Crippen molar-refractivity contribution in [2.45, 2.75) is 56.9 Å². The molecule has 3 rings (SSSR count). The van der Waals surface area contributed by atoms with Crippen LogP contribution in [-0.2, 0) is 16.6 Å². The fourth-order valence-corrected chi connectivity index (χ4v) is 5.84. The minimum Gasteiger partial charge on any atom is -0.487 e. The first kappa shape index (κ1) is 27.2. The lowest BCUT2D eigenvalue weighted by Crippen LogP contribution is -2.49. The highest BCUT2D eigenvalue weighted by atomic mass is 32.2. The zero-order chi connectivity index (χ0) is 25.8. The quantitative estimate of drug-likeness (QED) is 0.593. The number of rotatable bonds is 6. The maximum atomic E-state index is 13.6. The predicted molar refractivity (Wildman–Crippen MR) is 136 cm³/mol. The van der Waals surface area contributed by atoms with Crippen LogP contribution in [0.4, 0.5) is 0 Å². The van der Waals surface area contributed by atoms with Crippen molar-refractivity contribution in [2.24, 2.45) is 5.92 Å². The molecule has 2 N–H and O–H groups in total. The van der Waals surface area contributed by atoms with Crippen LogP contribution < -0.4 is 4.74 Å². The molecule has 190 valence electrons. The van der Waals surface area contributed by atoms with Crippen molar-refractivity contribution in [1.29, 1.82) is 0 Å². The monoisotopic (exact) mass is 500 g/mol. The Balaban J connectivity index is 2.00. The summed E-state index contributed by atoms with van der Waals surface area (Å²) in [7, 11) is -1.90. The average Bonchev–Trinajstić information content (AvgIpc) is 2.79. The van der Waals surface area contributed by atoms with Gasteiger partial charge in [-0.2, -0.15) is 4.31 Å². The van der Waals surface area contributed by atoms with Crippen LogP contribution in [-0.4, -0.2) is 72.3 Å². The molecule has 3 atom stereocenters. The molecule has 1 aliphatic heterocycles. The Bertz CT molecular complexity index is 1170. The Morgan fingerprint density at radius 1 is 1.23 bits per heavy atom. The van der Waals surface area contributed by atoms with E-state index in [0.29, 0.717) is 12.1 Å². The van der Waals surface area contributed by atoms with E-state index >= 15 is 0 Å². The van der Waals surface area contributed by atoms with E-state index in [1.807, 2.05) is 32.2 Å². The van der Waals surface area contributed by atoms with Crippen LogP contribution in [0.5, 0.6) is 5.75 Å². The summed E-state index contributed by atoms with van der Waals surface area (Å²) in [4.78, 5) is 2.21. The third-order valence-corrected chi connectivity index (χ3v) is 7.99. The molecule has 8 heteroatoms. The van der Waals surface area contributed by atoms with Crippen molar-refractivity contribution in [3.05, 3.63) is 59.7 Å². The molecule has 0 amide bonds. The summed E-state index contributed by atoms with van der Waals surface area (Å²) >= 11 is 0. The molecule has 0 radical (unpaired) electrons. The Hall–Kier alpha value is -2.41. The van der Waals surface area contributed by atoms with Gasteiger partial charge in [-0.15, -0.1) is 0 Å². The van der Waals surface area contributed by atoms with E-state index in [4.69, 9.17) is 4.74 Å². The topological polar surface area (TPSA) is 90.3 Å². The molecule has 0 fully saturated rings. The minimum atomic E-state index is -3.91. The second kappa shape index (κ2) is 11.1. The number of sulfonamides is 1. The molecule has 1 heterocycles. The van der Waals surface area contributed by atoms with Crippen LogP contribution in [0.15, 0.2) is 53.4 Å². The zero-order valence-electron chi connectivity index (χ0n) is 21.1. The maximum Gasteiger partial charge on any atom is 0.247 e. The summed E-state index contributed by atoms with van der Waals surface area (Å²) in [5.74, 6) is 5.75. The largest absolute Gasteiger partial charge is 0.487 e. The predicted octanol–water partition coefficient (Wildman–Crippen LogP) is 2.71. The highest BCUT2D eigenvalue weighted by Gasteiger charge is 2.38. The highest BCUT2D eigenvalue weighted by Crippen LogP contribution is 2.34. The van der Waals surface area contributed by atoms with E-state index in [9.17, 15) is 18.6 Å². The smallest absolute Gasteiger partial charge is 0.247 e. The summed E-state index contributed by atoms with van der Waals surface area (Å²) in [6.07, 6.45) is -0.302. The van der Waals surface area contributed by atoms with Gasteiger partial charge in [0.15, 0.2) is 0 Å². The number of aliphatic hydroxyl groups is 2. The van der Waals surface area contributed by atoms with E-state index in [-0.39, 0.29) is 35.8 Å².